The fourth-order valence-electron chi connectivity index (χ4n) is 3.87. The molecular formula is C22H30N8O2. The van der Waals surface area contributed by atoms with Crippen molar-refractivity contribution in [1.82, 2.24) is 24.9 Å². The number of hydrogen-bond donors (Lipinski definition) is 3. The minimum Gasteiger partial charge on any atom is -0.350 e. The summed E-state index contributed by atoms with van der Waals surface area (Å²) in [6.45, 7) is 9.86. The first kappa shape index (κ1) is 21.9. The second-order valence-corrected chi connectivity index (χ2v) is 9.29. The van der Waals surface area contributed by atoms with Gasteiger partial charge in [-0.25, -0.2) is 0 Å². The second-order valence-electron chi connectivity index (χ2n) is 9.29. The third-order valence-corrected chi connectivity index (χ3v) is 5.87. The number of non-ortho nitro benzene ring substituents is 1. The average Bonchev–Trinajstić information content (AvgIpc) is 3.18. The van der Waals surface area contributed by atoms with Gasteiger partial charge in [0.2, 0.25) is 11.9 Å². The standard InChI is InChI=1S/C22H30N8O2/c1-14(2)18-13-25-29-19(18)27-20(26-16-8-9-22(3,4)24-12-16)28-21(29)23-11-15-6-5-7-17(10-15)30(31)32/h5-7,10,13-14,16,24H,8-9,11-12H2,1-4H3,(H2,23,26,27,28)/t16-/m0/s1. The van der Waals surface area contributed by atoms with Crippen molar-refractivity contribution in [2.24, 2.45) is 0 Å². The molecule has 1 atom stereocenters. The Labute approximate surface area is 187 Å². The van der Waals surface area contributed by atoms with Crippen LogP contribution >= 0.6 is 0 Å². The van der Waals surface area contributed by atoms with Gasteiger partial charge in [0.15, 0.2) is 5.65 Å². The Kier molecular flexibility index (Phi) is 5.96. The Hall–Kier alpha value is -3.27. The monoisotopic (exact) mass is 438 g/mol. The number of nitro benzene ring substituents is 1. The van der Waals surface area contributed by atoms with Crippen LogP contribution in [0.25, 0.3) is 5.65 Å². The molecule has 170 valence electrons. The fourth-order valence-corrected chi connectivity index (χ4v) is 3.87. The Morgan fingerprint density at radius 3 is 2.84 bits per heavy atom. The van der Waals surface area contributed by atoms with Crippen molar-refractivity contribution in [3.8, 4) is 0 Å². The van der Waals surface area contributed by atoms with Crippen molar-refractivity contribution < 1.29 is 4.92 Å². The van der Waals surface area contributed by atoms with Crippen LogP contribution in [0.1, 0.15) is 57.6 Å². The van der Waals surface area contributed by atoms with Crippen molar-refractivity contribution in [2.75, 3.05) is 17.2 Å². The zero-order chi connectivity index (χ0) is 22.9. The van der Waals surface area contributed by atoms with Gasteiger partial charge < -0.3 is 16.0 Å². The third-order valence-electron chi connectivity index (χ3n) is 5.87. The molecule has 1 fully saturated rings. The van der Waals surface area contributed by atoms with Gasteiger partial charge in [-0.3, -0.25) is 10.1 Å². The molecule has 0 unspecified atom stereocenters. The molecular weight excluding hydrogens is 408 g/mol. The van der Waals surface area contributed by atoms with Gasteiger partial charge in [-0.15, -0.1) is 0 Å². The van der Waals surface area contributed by atoms with Crippen LogP contribution in [0, 0.1) is 10.1 Å². The van der Waals surface area contributed by atoms with Crippen LogP contribution in [-0.4, -0.2) is 42.6 Å². The molecule has 0 saturated carbocycles. The second kappa shape index (κ2) is 8.70. The van der Waals surface area contributed by atoms with E-state index in [-0.39, 0.29) is 23.2 Å². The molecule has 0 spiro atoms. The topological polar surface area (TPSA) is 122 Å². The number of nitro groups is 1. The van der Waals surface area contributed by atoms with E-state index in [1.165, 1.54) is 6.07 Å². The summed E-state index contributed by atoms with van der Waals surface area (Å²) in [5.41, 5.74) is 2.79. The predicted octanol–water partition coefficient (Wildman–Crippen LogP) is 3.71. The number of fused-ring (bicyclic) bond motifs is 1. The molecule has 0 aliphatic carbocycles. The molecule has 32 heavy (non-hydrogen) atoms. The van der Waals surface area contributed by atoms with Crippen molar-refractivity contribution in [2.45, 2.75) is 64.6 Å². The molecule has 2 aromatic heterocycles. The zero-order valence-electron chi connectivity index (χ0n) is 18.9. The van der Waals surface area contributed by atoms with Gasteiger partial charge in [0, 0.05) is 42.4 Å². The maximum Gasteiger partial charge on any atom is 0.269 e. The number of aromatic nitrogens is 4. The fraction of sp³-hybridized carbons (Fsp3) is 0.500. The molecule has 10 nitrogen and oxygen atoms in total. The van der Waals surface area contributed by atoms with Gasteiger partial charge in [-0.2, -0.15) is 19.6 Å². The van der Waals surface area contributed by atoms with E-state index in [1.54, 1.807) is 16.6 Å². The van der Waals surface area contributed by atoms with E-state index in [0.29, 0.717) is 18.4 Å². The van der Waals surface area contributed by atoms with Crippen molar-refractivity contribution in [3.63, 3.8) is 0 Å². The van der Waals surface area contributed by atoms with E-state index in [0.717, 1.165) is 36.2 Å². The van der Waals surface area contributed by atoms with Gasteiger partial charge in [0.25, 0.3) is 5.69 Å². The molecule has 10 heteroatoms. The third kappa shape index (κ3) is 4.80. The number of rotatable bonds is 7. The van der Waals surface area contributed by atoms with Crippen LogP contribution in [-0.2, 0) is 6.54 Å². The summed E-state index contributed by atoms with van der Waals surface area (Å²) in [5, 5.41) is 25.9. The van der Waals surface area contributed by atoms with Gasteiger partial charge >= 0.3 is 0 Å². The molecule has 3 N–H and O–H groups in total. The van der Waals surface area contributed by atoms with Crippen molar-refractivity contribution >= 4 is 23.2 Å². The summed E-state index contributed by atoms with van der Waals surface area (Å²) in [4.78, 5) is 20.1. The first-order valence-electron chi connectivity index (χ1n) is 11.0. The Morgan fingerprint density at radius 2 is 2.16 bits per heavy atom. The van der Waals surface area contributed by atoms with Gasteiger partial charge in [-0.1, -0.05) is 26.0 Å². The minimum atomic E-state index is -0.393. The number of hydrogen-bond acceptors (Lipinski definition) is 8. The van der Waals surface area contributed by atoms with E-state index in [2.05, 4.69) is 53.7 Å². The summed E-state index contributed by atoms with van der Waals surface area (Å²) < 4.78 is 1.69. The van der Waals surface area contributed by atoms with Crippen LogP contribution < -0.4 is 16.0 Å². The number of piperidine rings is 1. The quantitative estimate of drug-likeness (QED) is 0.377. The normalized spacial score (nSPS) is 18.1. The summed E-state index contributed by atoms with van der Waals surface area (Å²) in [6.07, 6.45) is 3.91. The first-order chi connectivity index (χ1) is 15.2. The first-order valence-corrected chi connectivity index (χ1v) is 11.0. The Balaban J connectivity index is 1.60. The maximum atomic E-state index is 11.1. The zero-order valence-corrected chi connectivity index (χ0v) is 18.9. The lowest BCUT2D eigenvalue weighted by molar-refractivity contribution is -0.384. The van der Waals surface area contributed by atoms with Crippen LogP contribution in [0.2, 0.25) is 0 Å². The van der Waals surface area contributed by atoms with E-state index in [1.807, 2.05) is 12.3 Å². The molecule has 3 heterocycles. The number of anilines is 2. The molecule has 1 saturated heterocycles. The minimum absolute atomic E-state index is 0.0633. The largest absolute Gasteiger partial charge is 0.350 e. The highest BCUT2D eigenvalue weighted by atomic mass is 16.6. The number of benzene rings is 1. The molecule has 4 rings (SSSR count). The van der Waals surface area contributed by atoms with E-state index >= 15 is 0 Å². The number of nitrogens with zero attached hydrogens (tertiary/aromatic N) is 5. The molecule has 1 aliphatic heterocycles. The van der Waals surface area contributed by atoms with Crippen LogP contribution in [0.3, 0.4) is 0 Å². The molecule has 1 aliphatic rings. The summed E-state index contributed by atoms with van der Waals surface area (Å²) >= 11 is 0. The molecule has 0 amide bonds. The lowest BCUT2D eigenvalue weighted by Crippen LogP contribution is -2.50. The van der Waals surface area contributed by atoms with Crippen LogP contribution in [0.5, 0.6) is 0 Å². The Bertz CT molecular complexity index is 1110. The maximum absolute atomic E-state index is 11.1. The lowest BCUT2D eigenvalue weighted by atomic mass is 9.91. The average molecular weight is 439 g/mol. The Morgan fingerprint density at radius 1 is 1.34 bits per heavy atom. The predicted molar refractivity (Wildman–Crippen MR) is 124 cm³/mol. The van der Waals surface area contributed by atoms with E-state index in [4.69, 9.17) is 4.98 Å². The highest BCUT2D eigenvalue weighted by Crippen LogP contribution is 2.24. The highest BCUT2D eigenvalue weighted by molar-refractivity contribution is 5.56. The van der Waals surface area contributed by atoms with Gasteiger partial charge in [-0.05, 0) is 38.2 Å². The smallest absolute Gasteiger partial charge is 0.269 e. The molecule has 0 radical (unpaired) electrons. The van der Waals surface area contributed by atoms with Crippen molar-refractivity contribution in [3.05, 3.63) is 51.7 Å². The SMILES string of the molecule is CC(C)c1cnn2c(NCc3cccc([N+](=O)[O-])c3)nc(N[C@H]3CCC(C)(C)NC3)nc12. The van der Waals surface area contributed by atoms with E-state index in [9.17, 15) is 10.1 Å². The van der Waals surface area contributed by atoms with Crippen LogP contribution in [0.15, 0.2) is 30.5 Å². The lowest BCUT2D eigenvalue weighted by Gasteiger charge is -2.36. The van der Waals surface area contributed by atoms with Crippen LogP contribution in [0.4, 0.5) is 17.6 Å². The van der Waals surface area contributed by atoms with Gasteiger partial charge in [0.05, 0.1) is 11.1 Å². The number of nitrogens with one attached hydrogen (secondary N) is 3. The van der Waals surface area contributed by atoms with E-state index < -0.39 is 4.92 Å². The van der Waals surface area contributed by atoms with Gasteiger partial charge in [0.1, 0.15) is 0 Å². The molecule has 1 aromatic carbocycles. The molecule has 0 bridgehead atoms. The summed E-state index contributed by atoms with van der Waals surface area (Å²) in [5.74, 6) is 1.35. The highest BCUT2D eigenvalue weighted by Gasteiger charge is 2.27. The summed E-state index contributed by atoms with van der Waals surface area (Å²) in [6, 6.07) is 6.80. The molecule has 3 aromatic rings. The van der Waals surface area contributed by atoms with Crippen molar-refractivity contribution in [1.29, 1.82) is 0 Å². The summed E-state index contributed by atoms with van der Waals surface area (Å²) in [7, 11) is 0.